The molecule has 24 heavy (non-hydrogen) atoms. The van der Waals surface area contributed by atoms with E-state index in [1.807, 2.05) is 24.3 Å². The molecule has 1 atom stereocenters. The summed E-state index contributed by atoms with van der Waals surface area (Å²) in [6.07, 6.45) is 2.54. The Kier molecular flexibility index (Phi) is 6.14. The molecule has 0 saturated carbocycles. The molecule has 0 spiro atoms. The Morgan fingerprint density at radius 1 is 1.42 bits per heavy atom. The molecule has 0 saturated heterocycles. The average molecular weight is 348 g/mol. The average Bonchev–Trinajstić information content (AvgIpc) is 3.05. The third-order valence-corrected chi connectivity index (χ3v) is 3.94. The molecule has 0 aliphatic carbocycles. The number of alkyl halides is 1. The van der Waals surface area contributed by atoms with Gasteiger partial charge in [0, 0.05) is 15.2 Å². The molecule has 128 valence electrons. The molecule has 2 rings (SSSR count). The molecular weight excluding hydrogens is 327 g/mol. The number of rotatable bonds is 7. The SMILES string of the molecule is C=CCON=C(c1ccc(SC(C)(C)C)cc1)C(F)n1cncn1. The van der Waals surface area contributed by atoms with E-state index in [2.05, 4.69) is 42.6 Å². The van der Waals surface area contributed by atoms with Gasteiger partial charge in [-0.1, -0.05) is 50.7 Å². The number of benzene rings is 1. The van der Waals surface area contributed by atoms with E-state index in [0.717, 1.165) is 9.58 Å². The van der Waals surface area contributed by atoms with Gasteiger partial charge in [-0.05, 0) is 12.1 Å². The highest BCUT2D eigenvalue weighted by molar-refractivity contribution is 8.00. The Hall–Kier alpha value is -2.15. The highest BCUT2D eigenvalue weighted by Gasteiger charge is 2.21. The lowest BCUT2D eigenvalue weighted by atomic mass is 10.1. The van der Waals surface area contributed by atoms with Gasteiger partial charge in [-0.3, -0.25) is 0 Å². The third kappa shape index (κ3) is 5.19. The summed E-state index contributed by atoms with van der Waals surface area (Å²) in [6, 6.07) is 7.55. The quantitative estimate of drug-likeness (QED) is 0.247. The van der Waals surface area contributed by atoms with Crippen LogP contribution >= 0.6 is 11.8 Å². The number of nitrogens with zero attached hydrogens (tertiary/aromatic N) is 4. The smallest absolute Gasteiger partial charge is 0.239 e. The lowest BCUT2D eigenvalue weighted by Gasteiger charge is -2.18. The minimum atomic E-state index is -1.58. The molecule has 0 bridgehead atoms. The number of halogens is 1. The summed E-state index contributed by atoms with van der Waals surface area (Å²) in [4.78, 5) is 9.96. The molecule has 1 heterocycles. The van der Waals surface area contributed by atoms with Gasteiger partial charge in [0.2, 0.25) is 6.30 Å². The molecule has 0 aliphatic heterocycles. The van der Waals surface area contributed by atoms with Crippen molar-refractivity contribution in [3.8, 4) is 0 Å². The maximum atomic E-state index is 14.7. The van der Waals surface area contributed by atoms with E-state index < -0.39 is 6.30 Å². The molecule has 1 unspecified atom stereocenters. The number of thioether (sulfide) groups is 1. The Bertz CT molecular complexity index is 678. The Balaban J connectivity index is 2.26. The van der Waals surface area contributed by atoms with Crippen LogP contribution in [0, 0.1) is 0 Å². The molecule has 0 N–H and O–H groups in total. The fraction of sp³-hybridized carbons (Fsp3) is 0.353. The van der Waals surface area contributed by atoms with Gasteiger partial charge in [0.25, 0.3) is 0 Å². The van der Waals surface area contributed by atoms with E-state index in [1.165, 1.54) is 12.7 Å². The monoisotopic (exact) mass is 348 g/mol. The van der Waals surface area contributed by atoms with Crippen molar-refractivity contribution in [1.29, 1.82) is 0 Å². The zero-order valence-electron chi connectivity index (χ0n) is 14.0. The van der Waals surface area contributed by atoms with Gasteiger partial charge >= 0.3 is 0 Å². The molecule has 1 aromatic heterocycles. The fourth-order valence-corrected chi connectivity index (χ4v) is 2.88. The van der Waals surface area contributed by atoms with Gasteiger partial charge in [0.1, 0.15) is 25.0 Å². The van der Waals surface area contributed by atoms with E-state index in [1.54, 1.807) is 17.8 Å². The van der Waals surface area contributed by atoms with Gasteiger partial charge in [-0.15, -0.1) is 11.8 Å². The minimum Gasteiger partial charge on any atom is -0.391 e. The molecular formula is C17H21FN4OS. The van der Waals surface area contributed by atoms with Crippen LogP contribution in [0.15, 0.2) is 59.6 Å². The summed E-state index contributed by atoms with van der Waals surface area (Å²) in [5.41, 5.74) is 0.759. The van der Waals surface area contributed by atoms with Crippen molar-refractivity contribution >= 4 is 17.5 Å². The maximum absolute atomic E-state index is 14.7. The molecule has 2 aromatic rings. The Morgan fingerprint density at radius 2 is 2.12 bits per heavy atom. The molecule has 5 nitrogen and oxygen atoms in total. The normalized spacial score (nSPS) is 13.6. The summed E-state index contributed by atoms with van der Waals surface area (Å²) < 4.78 is 15.9. The van der Waals surface area contributed by atoms with E-state index in [-0.39, 0.29) is 17.1 Å². The van der Waals surface area contributed by atoms with Crippen LogP contribution in [0.4, 0.5) is 4.39 Å². The number of hydrogen-bond donors (Lipinski definition) is 0. The predicted molar refractivity (Wildman–Crippen MR) is 94.9 cm³/mol. The largest absolute Gasteiger partial charge is 0.391 e. The summed E-state index contributed by atoms with van der Waals surface area (Å²) >= 11 is 1.74. The van der Waals surface area contributed by atoms with Gasteiger partial charge in [-0.2, -0.15) is 5.10 Å². The van der Waals surface area contributed by atoms with Crippen LogP contribution in [0.1, 0.15) is 32.6 Å². The fourth-order valence-electron chi connectivity index (χ4n) is 1.90. The van der Waals surface area contributed by atoms with Crippen molar-refractivity contribution in [1.82, 2.24) is 14.8 Å². The van der Waals surface area contributed by atoms with Gasteiger partial charge in [0.05, 0.1) is 0 Å². The van der Waals surface area contributed by atoms with Crippen LogP contribution in [0.2, 0.25) is 0 Å². The minimum absolute atomic E-state index is 0.106. The molecule has 0 radical (unpaired) electrons. The van der Waals surface area contributed by atoms with E-state index in [9.17, 15) is 4.39 Å². The second-order valence-electron chi connectivity index (χ2n) is 6.01. The summed E-state index contributed by atoms with van der Waals surface area (Å²) in [5.74, 6) is 0. The van der Waals surface area contributed by atoms with E-state index in [4.69, 9.17) is 4.84 Å². The molecule has 7 heteroatoms. The van der Waals surface area contributed by atoms with Crippen molar-refractivity contribution in [3.05, 3.63) is 55.1 Å². The van der Waals surface area contributed by atoms with Crippen LogP contribution in [0.25, 0.3) is 0 Å². The van der Waals surface area contributed by atoms with Gasteiger partial charge in [0.15, 0.2) is 0 Å². The Morgan fingerprint density at radius 3 is 2.67 bits per heavy atom. The molecule has 0 amide bonds. The molecule has 0 fully saturated rings. The third-order valence-electron chi connectivity index (χ3n) is 2.82. The first kappa shape index (κ1) is 18.2. The van der Waals surface area contributed by atoms with Gasteiger partial charge in [-0.25, -0.2) is 14.1 Å². The summed E-state index contributed by atoms with van der Waals surface area (Å²) in [5, 5.41) is 7.75. The zero-order chi connectivity index (χ0) is 17.6. The number of oxime groups is 1. The van der Waals surface area contributed by atoms with Crippen LogP contribution in [0.5, 0.6) is 0 Å². The Labute approximate surface area is 145 Å². The lowest BCUT2D eigenvalue weighted by molar-refractivity contribution is 0.168. The van der Waals surface area contributed by atoms with Crippen LogP contribution in [-0.2, 0) is 4.84 Å². The van der Waals surface area contributed by atoms with Crippen LogP contribution in [-0.4, -0.2) is 31.8 Å². The van der Waals surface area contributed by atoms with Crippen molar-refractivity contribution in [2.24, 2.45) is 5.16 Å². The second-order valence-corrected chi connectivity index (χ2v) is 7.91. The van der Waals surface area contributed by atoms with Crippen molar-refractivity contribution in [3.63, 3.8) is 0 Å². The standard InChI is InChI=1S/C17H21FN4OS/c1-5-10-23-21-15(16(18)22-12-19-11-20-22)13-6-8-14(9-7-13)24-17(2,3)4/h5-9,11-12,16H,1,10H2,2-4H3. The highest BCUT2D eigenvalue weighted by Crippen LogP contribution is 2.32. The van der Waals surface area contributed by atoms with E-state index >= 15 is 0 Å². The van der Waals surface area contributed by atoms with Gasteiger partial charge < -0.3 is 4.84 Å². The molecule has 0 aliphatic rings. The van der Waals surface area contributed by atoms with E-state index in [0.29, 0.717) is 5.56 Å². The van der Waals surface area contributed by atoms with Crippen molar-refractivity contribution < 1.29 is 9.23 Å². The molecule has 1 aromatic carbocycles. The second kappa shape index (κ2) is 8.10. The van der Waals surface area contributed by atoms with Crippen molar-refractivity contribution in [2.45, 2.75) is 36.7 Å². The lowest BCUT2D eigenvalue weighted by Crippen LogP contribution is -2.18. The zero-order valence-corrected chi connectivity index (χ0v) is 14.8. The first-order valence-corrected chi connectivity index (χ1v) is 8.31. The first-order chi connectivity index (χ1) is 11.4. The summed E-state index contributed by atoms with van der Waals surface area (Å²) in [6.45, 7) is 10.2. The maximum Gasteiger partial charge on any atom is 0.239 e. The van der Waals surface area contributed by atoms with Crippen molar-refractivity contribution in [2.75, 3.05) is 6.61 Å². The predicted octanol–water partition coefficient (Wildman–Crippen LogP) is 4.24. The first-order valence-electron chi connectivity index (χ1n) is 7.49. The number of aromatic nitrogens is 3. The highest BCUT2D eigenvalue weighted by atomic mass is 32.2. The number of hydrogen-bond acceptors (Lipinski definition) is 5. The topological polar surface area (TPSA) is 52.3 Å². The van der Waals surface area contributed by atoms with Crippen LogP contribution in [0.3, 0.4) is 0 Å². The summed E-state index contributed by atoms with van der Waals surface area (Å²) in [7, 11) is 0. The van der Waals surface area contributed by atoms with Crippen LogP contribution < -0.4 is 0 Å².